The van der Waals surface area contributed by atoms with Crippen LogP contribution >= 0.6 is 0 Å². The number of nitrogens with zero attached hydrogens (tertiary/aromatic N) is 1. The molecule has 2 aromatic rings. The maximum Gasteiger partial charge on any atom is 0.255 e. The third kappa shape index (κ3) is 2.54. The van der Waals surface area contributed by atoms with Crippen molar-refractivity contribution >= 4 is 0 Å². The van der Waals surface area contributed by atoms with E-state index in [-0.39, 0.29) is 11.6 Å². The zero-order valence-corrected chi connectivity index (χ0v) is 12.6. The molecule has 1 heterocycles. The molecule has 0 radical (unpaired) electrons. The molecule has 0 aliphatic carbocycles. The lowest BCUT2D eigenvalue weighted by Crippen LogP contribution is -2.27. The second-order valence-electron chi connectivity index (χ2n) is 5.33. The molecule has 0 aliphatic rings. The van der Waals surface area contributed by atoms with Gasteiger partial charge in [-0.05, 0) is 51.5 Å². The summed E-state index contributed by atoms with van der Waals surface area (Å²) in [6.45, 7) is 8.60. The molecule has 0 bridgehead atoms. The highest BCUT2D eigenvalue weighted by Crippen LogP contribution is 2.24. The molecule has 3 nitrogen and oxygen atoms in total. The second-order valence-corrected chi connectivity index (χ2v) is 5.33. The highest BCUT2D eigenvalue weighted by Gasteiger charge is 2.13. The van der Waals surface area contributed by atoms with Crippen molar-refractivity contribution in [2.24, 2.45) is 5.73 Å². The van der Waals surface area contributed by atoms with Crippen LogP contribution in [0, 0.1) is 13.8 Å². The van der Waals surface area contributed by atoms with E-state index in [9.17, 15) is 4.79 Å². The molecule has 0 saturated carbocycles. The third-order valence-electron chi connectivity index (χ3n) is 3.68. The fourth-order valence-electron chi connectivity index (χ4n) is 2.50. The Hall–Kier alpha value is -1.87. The molecule has 0 spiro atoms. The van der Waals surface area contributed by atoms with Crippen LogP contribution in [-0.2, 0) is 6.54 Å². The molecule has 20 heavy (non-hydrogen) atoms. The number of pyridine rings is 1. The van der Waals surface area contributed by atoms with Crippen LogP contribution in [0.2, 0.25) is 0 Å². The molecule has 0 fully saturated rings. The Labute approximate surface area is 120 Å². The topological polar surface area (TPSA) is 48.0 Å². The Balaban J connectivity index is 2.72. The van der Waals surface area contributed by atoms with Gasteiger partial charge < -0.3 is 10.3 Å². The number of rotatable bonds is 3. The van der Waals surface area contributed by atoms with Crippen molar-refractivity contribution in [1.82, 2.24) is 4.57 Å². The van der Waals surface area contributed by atoms with Gasteiger partial charge in [-0.25, -0.2) is 0 Å². The van der Waals surface area contributed by atoms with E-state index in [4.69, 9.17) is 5.73 Å². The number of hydrogen-bond donors (Lipinski definition) is 1. The normalized spacial score (nSPS) is 12.4. The molecule has 1 atom stereocenters. The maximum absolute atomic E-state index is 12.5. The SMILES string of the molecule is CCn1c(-c2cc(C)ccc2C)ccc(C(C)N)c1=O. The first-order chi connectivity index (χ1) is 9.45. The fourth-order valence-corrected chi connectivity index (χ4v) is 2.50. The van der Waals surface area contributed by atoms with Gasteiger partial charge in [0.05, 0.1) is 5.69 Å². The van der Waals surface area contributed by atoms with Crippen LogP contribution in [0.3, 0.4) is 0 Å². The van der Waals surface area contributed by atoms with E-state index in [0.29, 0.717) is 12.1 Å². The first-order valence-corrected chi connectivity index (χ1v) is 7.02. The summed E-state index contributed by atoms with van der Waals surface area (Å²) < 4.78 is 1.81. The maximum atomic E-state index is 12.5. The third-order valence-corrected chi connectivity index (χ3v) is 3.68. The smallest absolute Gasteiger partial charge is 0.255 e. The van der Waals surface area contributed by atoms with Crippen LogP contribution in [-0.4, -0.2) is 4.57 Å². The molecule has 1 unspecified atom stereocenters. The lowest BCUT2D eigenvalue weighted by atomic mass is 10.0. The molecule has 106 valence electrons. The minimum absolute atomic E-state index is 0.0147. The van der Waals surface area contributed by atoms with Crippen LogP contribution in [0.15, 0.2) is 35.1 Å². The molecule has 1 aromatic carbocycles. The highest BCUT2D eigenvalue weighted by atomic mass is 16.1. The lowest BCUT2D eigenvalue weighted by Gasteiger charge is -2.16. The Morgan fingerprint density at radius 1 is 1.20 bits per heavy atom. The van der Waals surface area contributed by atoms with Crippen LogP contribution < -0.4 is 11.3 Å². The molecule has 0 saturated heterocycles. The van der Waals surface area contributed by atoms with Gasteiger partial charge in [0.2, 0.25) is 0 Å². The second kappa shape index (κ2) is 5.63. The molecular weight excluding hydrogens is 248 g/mol. The molecule has 0 aliphatic heterocycles. The molecule has 0 amide bonds. The van der Waals surface area contributed by atoms with E-state index in [2.05, 4.69) is 32.0 Å². The van der Waals surface area contributed by atoms with Crippen molar-refractivity contribution in [3.8, 4) is 11.3 Å². The summed E-state index contributed by atoms with van der Waals surface area (Å²) in [6.07, 6.45) is 0. The lowest BCUT2D eigenvalue weighted by molar-refractivity contribution is 0.698. The monoisotopic (exact) mass is 270 g/mol. The summed E-state index contributed by atoms with van der Waals surface area (Å²) in [5.74, 6) is 0. The fraction of sp³-hybridized carbons (Fsp3) is 0.353. The van der Waals surface area contributed by atoms with Gasteiger partial charge in [-0.15, -0.1) is 0 Å². The summed E-state index contributed by atoms with van der Waals surface area (Å²) in [6, 6.07) is 9.93. The summed E-state index contributed by atoms with van der Waals surface area (Å²) in [4.78, 5) is 12.5. The Morgan fingerprint density at radius 2 is 1.90 bits per heavy atom. The van der Waals surface area contributed by atoms with Crippen molar-refractivity contribution in [2.45, 2.75) is 40.3 Å². The number of hydrogen-bond acceptors (Lipinski definition) is 2. The number of aryl methyl sites for hydroxylation is 2. The predicted octanol–water partition coefficient (Wildman–Crippen LogP) is 3.17. The highest BCUT2D eigenvalue weighted by molar-refractivity contribution is 5.65. The average Bonchev–Trinajstić information content (AvgIpc) is 2.40. The van der Waals surface area contributed by atoms with E-state index >= 15 is 0 Å². The van der Waals surface area contributed by atoms with E-state index < -0.39 is 0 Å². The summed E-state index contributed by atoms with van der Waals surface area (Å²) in [7, 11) is 0. The van der Waals surface area contributed by atoms with Crippen LogP contribution in [0.1, 0.15) is 36.6 Å². The zero-order chi connectivity index (χ0) is 14.9. The first-order valence-electron chi connectivity index (χ1n) is 7.02. The number of benzene rings is 1. The molecule has 2 rings (SSSR count). The zero-order valence-electron chi connectivity index (χ0n) is 12.6. The molecular formula is C17H22N2O. The van der Waals surface area contributed by atoms with Gasteiger partial charge in [0.15, 0.2) is 0 Å². The van der Waals surface area contributed by atoms with E-state index in [1.54, 1.807) is 4.57 Å². The van der Waals surface area contributed by atoms with Gasteiger partial charge in [-0.2, -0.15) is 0 Å². The van der Waals surface area contributed by atoms with Gasteiger partial charge in [0.25, 0.3) is 5.56 Å². The van der Waals surface area contributed by atoms with Crippen molar-refractivity contribution in [2.75, 3.05) is 0 Å². The minimum Gasteiger partial charge on any atom is -0.324 e. The summed E-state index contributed by atoms with van der Waals surface area (Å²) in [5, 5.41) is 0. The number of nitrogens with two attached hydrogens (primary N) is 1. The van der Waals surface area contributed by atoms with Crippen molar-refractivity contribution in [3.05, 3.63) is 57.4 Å². The quantitative estimate of drug-likeness (QED) is 0.931. The van der Waals surface area contributed by atoms with Crippen LogP contribution in [0.25, 0.3) is 11.3 Å². The predicted molar refractivity (Wildman–Crippen MR) is 83.9 cm³/mol. The first kappa shape index (κ1) is 14.5. The van der Waals surface area contributed by atoms with Crippen molar-refractivity contribution < 1.29 is 0 Å². The molecule has 3 heteroatoms. The van der Waals surface area contributed by atoms with Crippen molar-refractivity contribution in [1.29, 1.82) is 0 Å². The summed E-state index contributed by atoms with van der Waals surface area (Å²) >= 11 is 0. The largest absolute Gasteiger partial charge is 0.324 e. The van der Waals surface area contributed by atoms with E-state index in [0.717, 1.165) is 11.3 Å². The average molecular weight is 270 g/mol. The standard InChI is InChI=1S/C17H22N2O/c1-5-19-16(9-8-14(13(4)18)17(19)20)15-10-11(2)6-7-12(15)3/h6-10,13H,5,18H2,1-4H3. The van der Waals surface area contributed by atoms with Gasteiger partial charge >= 0.3 is 0 Å². The van der Waals surface area contributed by atoms with Gasteiger partial charge in [-0.3, -0.25) is 4.79 Å². The van der Waals surface area contributed by atoms with Crippen LogP contribution in [0.5, 0.6) is 0 Å². The van der Waals surface area contributed by atoms with E-state index in [1.807, 2.05) is 26.0 Å². The number of aromatic nitrogens is 1. The van der Waals surface area contributed by atoms with E-state index in [1.165, 1.54) is 11.1 Å². The van der Waals surface area contributed by atoms with Crippen LogP contribution in [0.4, 0.5) is 0 Å². The van der Waals surface area contributed by atoms with Gasteiger partial charge in [0, 0.05) is 23.7 Å². The Morgan fingerprint density at radius 3 is 2.50 bits per heavy atom. The van der Waals surface area contributed by atoms with Gasteiger partial charge in [-0.1, -0.05) is 17.7 Å². The van der Waals surface area contributed by atoms with Gasteiger partial charge in [0.1, 0.15) is 0 Å². The van der Waals surface area contributed by atoms with Crippen molar-refractivity contribution in [3.63, 3.8) is 0 Å². The Bertz CT molecular complexity index is 684. The summed E-state index contributed by atoms with van der Waals surface area (Å²) in [5.41, 5.74) is 11.0. The molecule has 2 N–H and O–H groups in total. The molecule has 1 aromatic heterocycles. The Kier molecular flexibility index (Phi) is 4.09. The minimum atomic E-state index is -0.243.